The summed E-state index contributed by atoms with van der Waals surface area (Å²) >= 11 is 2.25. The molecule has 0 aromatic heterocycles. The largest absolute Gasteiger partial charge is 0.463 e. The van der Waals surface area contributed by atoms with Gasteiger partial charge >= 0.3 is 11.9 Å². The third-order valence-corrected chi connectivity index (χ3v) is 7.88. The quantitative estimate of drug-likeness (QED) is 0.217. The monoisotopic (exact) mass is 616 g/mol. The molecule has 5 nitrogen and oxygen atoms in total. The number of halogens is 1. The Morgan fingerprint density at radius 2 is 1.78 bits per heavy atom. The molecule has 0 spiro atoms. The van der Waals surface area contributed by atoms with Gasteiger partial charge in [-0.15, -0.1) is 0 Å². The maximum atomic E-state index is 13.0. The Morgan fingerprint density at radius 3 is 2.49 bits per heavy atom. The fraction of sp³-hybridized carbons (Fsp3) is 0.484. The molecule has 0 unspecified atom stereocenters. The zero-order chi connectivity index (χ0) is 26.2. The summed E-state index contributed by atoms with van der Waals surface area (Å²) in [5.41, 5.74) is 2.77. The van der Waals surface area contributed by atoms with E-state index < -0.39 is 0 Å². The summed E-state index contributed by atoms with van der Waals surface area (Å²) in [6.45, 7) is 4.45. The molecule has 1 saturated carbocycles. The number of benzene rings is 2. The van der Waals surface area contributed by atoms with Crippen molar-refractivity contribution in [3.63, 3.8) is 0 Å². The van der Waals surface area contributed by atoms with Gasteiger partial charge < -0.3 is 14.2 Å². The maximum absolute atomic E-state index is 13.0. The van der Waals surface area contributed by atoms with E-state index in [0.29, 0.717) is 30.4 Å². The minimum absolute atomic E-state index is 0.0633. The van der Waals surface area contributed by atoms with Gasteiger partial charge in [-0.2, -0.15) is 0 Å². The van der Waals surface area contributed by atoms with Crippen molar-refractivity contribution in [3.05, 3.63) is 70.3 Å². The van der Waals surface area contributed by atoms with Crippen molar-refractivity contribution in [2.45, 2.75) is 70.7 Å². The minimum Gasteiger partial charge on any atom is -0.463 e. The molecule has 1 heterocycles. The molecule has 2 fully saturated rings. The van der Waals surface area contributed by atoms with Crippen molar-refractivity contribution < 1.29 is 23.8 Å². The molecule has 4 rings (SSSR count). The number of esters is 2. The molecule has 2 aromatic rings. The van der Waals surface area contributed by atoms with Gasteiger partial charge in [0.1, 0.15) is 6.10 Å². The highest BCUT2D eigenvalue weighted by atomic mass is 127. The topological polar surface area (TPSA) is 61.8 Å². The van der Waals surface area contributed by atoms with Crippen LogP contribution in [-0.4, -0.2) is 36.9 Å². The highest BCUT2D eigenvalue weighted by molar-refractivity contribution is 14.1. The summed E-state index contributed by atoms with van der Waals surface area (Å²) in [5.74, 6) is 0.535. The Bertz CT molecular complexity index is 1050. The molecule has 1 aliphatic heterocycles. The lowest BCUT2D eigenvalue weighted by Gasteiger charge is -2.22. The molecule has 0 N–H and O–H groups in total. The van der Waals surface area contributed by atoms with Crippen LogP contribution in [0.25, 0.3) is 11.1 Å². The first-order valence-electron chi connectivity index (χ1n) is 13.4. The fourth-order valence-electron chi connectivity index (χ4n) is 5.62. The van der Waals surface area contributed by atoms with E-state index in [-0.39, 0.29) is 36.2 Å². The predicted octanol–water partition coefficient (Wildman–Crippen LogP) is 7.38. The van der Waals surface area contributed by atoms with E-state index in [9.17, 15) is 9.59 Å². The highest BCUT2D eigenvalue weighted by Crippen LogP contribution is 2.43. The smallest absolute Gasteiger partial charge is 0.338 e. The van der Waals surface area contributed by atoms with Crippen LogP contribution >= 0.6 is 22.6 Å². The number of carbonyl (C=O) groups is 2. The molecule has 198 valence electrons. The van der Waals surface area contributed by atoms with Gasteiger partial charge in [-0.3, -0.25) is 4.79 Å². The van der Waals surface area contributed by atoms with Crippen molar-refractivity contribution in [1.82, 2.24) is 0 Å². The molecule has 1 saturated heterocycles. The summed E-state index contributed by atoms with van der Waals surface area (Å²) in [4.78, 5) is 24.9. The average Bonchev–Trinajstić information content (AvgIpc) is 3.07. The first-order chi connectivity index (χ1) is 17.9. The highest BCUT2D eigenvalue weighted by Gasteiger charge is 2.46. The van der Waals surface area contributed by atoms with E-state index in [0.717, 1.165) is 43.2 Å². The molecular formula is C31H37IO5. The lowest BCUT2D eigenvalue weighted by Crippen LogP contribution is -2.24. The number of rotatable bonds is 9. The Morgan fingerprint density at radius 1 is 1.05 bits per heavy atom. The summed E-state index contributed by atoms with van der Waals surface area (Å²) in [5, 5.41) is 0. The van der Waals surface area contributed by atoms with E-state index in [2.05, 4.69) is 40.8 Å². The Balaban J connectivity index is 1.32. The Labute approximate surface area is 234 Å². The fourth-order valence-corrected chi connectivity index (χ4v) is 6.10. The molecule has 0 amide bonds. The summed E-state index contributed by atoms with van der Waals surface area (Å²) in [7, 11) is 0. The number of fused-ring (bicyclic) bond motifs is 1. The van der Waals surface area contributed by atoms with Crippen molar-refractivity contribution in [2.24, 2.45) is 17.8 Å². The van der Waals surface area contributed by atoms with Gasteiger partial charge in [0, 0.05) is 25.4 Å². The number of ether oxygens (including phenoxy) is 3. The van der Waals surface area contributed by atoms with Crippen LogP contribution in [0, 0.1) is 17.8 Å². The first kappa shape index (κ1) is 27.8. The van der Waals surface area contributed by atoms with E-state index in [1.807, 2.05) is 60.4 Å². The predicted molar refractivity (Wildman–Crippen MR) is 153 cm³/mol. The molecular weight excluding hydrogens is 579 g/mol. The van der Waals surface area contributed by atoms with Gasteiger partial charge in [-0.05, 0) is 78.7 Å². The van der Waals surface area contributed by atoms with Crippen LogP contribution in [0.2, 0.25) is 0 Å². The normalized spacial score (nSPS) is 25.6. The maximum Gasteiger partial charge on any atom is 0.338 e. The summed E-state index contributed by atoms with van der Waals surface area (Å²) in [6, 6.07) is 17.8. The van der Waals surface area contributed by atoms with E-state index in [1.165, 1.54) is 0 Å². The molecule has 0 bridgehead atoms. The third kappa shape index (κ3) is 7.66. The zero-order valence-corrected chi connectivity index (χ0v) is 23.8. The number of hydrogen-bond donors (Lipinski definition) is 0. The van der Waals surface area contributed by atoms with Gasteiger partial charge in [0.2, 0.25) is 0 Å². The molecule has 37 heavy (non-hydrogen) atoms. The standard InChI is InChI=1S/C31H37IO5/c1-21(2)36-30(33)10-6-7-22-11-16-26-27(17-18-32)29(19-28(26)35-20-22)37-31(34)25-14-12-24(13-15-25)23-8-4-3-5-9-23/h3-5,8-9,12-15,17-18,21-22,26-29H,6-7,10-11,16,19-20H2,1-2H3/t22-,26+,27+,28-,29+/m0/s1. The van der Waals surface area contributed by atoms with E-state index in [1.54, 1.807) is 0 Å². The lowest BCUT2D eigenvalue weighted by molar-refractivity contribution is -0.147. The van der Waals surface area contributed by atoms with Crippen LogP contribution < -0.4 is 0 Å². The Kier molecular flexibility index (Phi) is 10.2. The van der Waals surface area contributed by atoms with Gasteiger partial charge in [-0.1, -0.05) is 71.1 Å². The van der Waals surface area contributed by atoms with Crippen LogP contribution in [-0.2, 0) is 19.0 Å². The van der Waals surface area contributed by atoms with Crippen molar-refractivity contribution in [3.8, 4) is 11.1 Å². The van der Waals surface area contributed by atoms with Crippen LogP contribution in [0.5, 0.6) is 0 Å². The molecule has 0 radical (unpaired) electrons. The molecule has 2 aromatic carbocycles. The van der Waals surface area contributed by atoms with E-state index in [4.69, 9.17) is 14.2 Å². The SMILES string of the molecule is CC(C)OC(=O)CCC[C@H]1CC[C@@H]2[C@@H](C=CI)[C@H](OC(=O)c3ccc(-c4ccccc4)cc3)C[C@@H]2OC1. The van der Waals surface area contributed by atoms with Crippen LogP contribution in [0.4, 0.5) is 0 Å². The molecule has 2 aliphatic rings. The second-order valence-corrected chi connectivity index (χ2v) is 11.1. The van der Waals surface area contributed by atoms with Gasteiger partial charge in [0.05, 0.1) is 17.8 Å². The molecule has 5 atom stereocenters. The lowest BCUT2D eigenvalue weighted by atomic mass is 9.86. The van der Waals surface area contributed by atoms with Gasteiger partial charge in [0.25, 0.3) is 0 Å². The average molecular weight is 617 g/mol. The van der Waals surface area contributed by atoms with Crippen LogP contribution in [0.15, 0.2) is 64.8 Å². The third-order valence-electron chi connectivity index (χ3n) is 7.46. The second-order valence-electron chi connectivity index (χ2n) is 10.4. The molecule has 1 aliphatic carbocycles. The van der Waals surface area contributed by atoms with Gasteiger partial charge in [0.15, 0.2) is 0 Å². The zero-order valence-electron chi connectivity index (χ0n) is 21.7. The van der Waals surface area contributed by atoms with E-state index >= 15 is 0 Å². The van der Waals surface area contributed by atoms with Crippen molar-refractivity contribution in [1.29, 1.82) is 0 Å². The Hall–Kier alpha value is -2.19. The van der Waals surface area contributed by atoms with Crippen LogP contribution in [0.1, 0.15) is 62.7 Å². The van der Waals surface area contributed by atoms with Crippen molar-refractivity contribution in [2.75, 3.05) is 6.61 Å². The minimum atomic E-state index is -0.279. The van der Waals surface area contributed by atoms with Gasteiger partial charge in [-0.25, -0.2) is 4.79 Å². The number of hydrogen-bond acceptors (Lipinski definition) is 5. The second kappa shape index (κ2) is 13.6. The van der Waals surface area contributed by atoms with Crippen LogP contribution in [0.3, 0.4) is 0 Å². The summed E-state index contributed by atoms with van der Waals surface area (Å²) in [6.07, 6.45) is 7.09. The first-order valence-corrected chi connectivity index (χ1v) is 14.6. The molecule has 6 heteroatoms. The van der Waals surface area contributed by atoms with Crippen molar-refractivity contribution >= 4 is 34.5 Å². The number of carbonyl (C=O) groups excluding carboxylic acids is 2. The summed E-state index contributed by atoms with van der Waals surface area (Å²) < 4.78 is 19.7.